The van der Waals surface area contributed by atoms with Crippen LogP contribution in [0.25, 0.3) is 33.2 Å². The maximum absolute atomic E-state index is 12.4. The van der Waals surface area contributed by atoms with Gasteiger partial charge in [0.25, 0.3) is 5.91 Å². The van der Waals surface area contributed by atoms with E-state index in [9.17, 15) is 59.4 Å². The molecule has 13 rings (SSSR count). The molecule has 0 atom stereocenters. The van der Waals surface area contributed by atoms with E-state index >= 15 is 0 Å². The van der Waals surface area contributed by atoms with Gasteiger partial charge in [0, 0.05) is 75.2 Å². The number of aromatic nitrogens is 1. The number of nitrogens with two attached hydrogens (primary N) is 1. The minimum Gasteiger partial charge on any atom is -0.857 e. The van der Waals surface area contributed by atoms with Crippen molar-refractivity contribution in [2.75, 3.05) is 53.3 Å². The summed E-state index contributed by atoms with van der Waals surface area (Å²) in [7, 11) is 8.59. The summed E-state index contributed by atoms with van der Waals surface area (Å²) in [6.07, 6.45) is 1.47. The summed E-state index contributed by atoms with van der Waals surface area (Å²) in [5.74, 6) is 2.37. The molecule has 27 nitrogen and oxygen atoms in total. The van der Waals surface area contributed by atoms with Gasteiger partial charge >= 0.3 is 57.9 Å². The van der Waals surface area contributed by atoms with E-state index in [1.807, 2.05) is 126 Å². The van der Waals surface area contributed by atoms with E-state index in [4.69, 9.17) is 91.0 Å². The van der Waals surface area contributed by atoms with Crippen LogP contribution in [0.2, 0.25) is 10.0 Å². The number of isothiocyanates is 1. The fraction of sp³-hybridized carbons (Fsp3) is 0.227. The van der Waals surface area contributed by atoms with Crippen molar-refractivity contribution >= 4 is 169 Å². The SMILES string of the molecule is COc1c(C)cc(C)cc1CC(=S)CC(=O)c1ccccc1.COc1c(C)cc(C)cc1CC(N)=S.COc1c(C)cc(C)cc1Nc1nc(-c2cc3cccc(Cl)c3oc2=O)cs1.COc1c(C)cc(C)cc1[N+](=O)[O-].COc1c(C)cc(C)cc1[N+](=O)[O-].C[O-].Cc1cc(C)c(O)c([N+](=O)[O-])c1.O=C(CBr)c1cc2cccc(Cl)c2oc1=O.O=C(N=C=S)c1ccccc1.[Na+]. The maximum Gasteiger partial charge on any atom is 1.00 e. The van der Waals surface area contributed by atoms with E-state index in [0.29, 0.717) is 89.0 Å². The monoisotopic (exact) mass is 1980 g/mol. The number of methoxy groups -OCH3 is 5. The van der Waals surface area contributed by atoms with Gasteiger partial charge in [-0.25, -0.2) is 14.6 Å². The number of thiazole rings is 1. The van der Waals surface area contributed by atoms with Crippen molar-refractivity contribution in [1.82, 2.24) is 4.98 Å². The summed E-state index contributed by atoms with van der Waals surface area (Å²) in [6.45, 7) is 22.8. The molecule has 0 spiro atoms. The van der Waals surface area contributed by atoms with E-state index in [1.165, 1.54) is 60.9 Å². The van der Waals surface area contributed by atoms with Gasteiger partial charge < -0.3 is 53.8 Å². The van der Waals surface area contributed by atoms with Crippen LogP contribution in [0, 0.1) is 113 Å². The summed E-state index contributed by atoms with van der Waals surface area (Å²) >= 11 is 31.0. The normalized spacial score (nSPS) is 9.95. The fourth-order valence-electron chi connectivity index (χ4n) is 13.3. The van der Waals surface area contributed by atoms with Gasteiger partial charge in [0.15, 0.2) is 45.1 Å². The van der Waals surface area contributed by atoms with Crippen LogP contribution < -0.4 is 80.6 Å². The number of benzene rings is 10. The van der Waals surface area contributed by atoms with Crippen molar-refractivity contribution in [2.45, 2.75) is 102 Å². The molecule has 4 N–H and O–H groups in total. The third-order valence-corrected chi connectivity index (χ3v) is 20.9. The van der Waals surface area contributed by atoms with Crippen LogP contribution >= 0.6 is 87.1 Å². The number of Topliss-reactive ketones (excluding diaryl/α,β-unsaturated/α-hetero) is 2. The van der Waals surface area contributed by atoms with E-state index in [2.05, 4.69) is 80.7 Å². The number of nitrogens with zero attached hydrogens (tertiary/aromatic N) is 5. The molecule has 0 aliphatic carbocycles. The molecule has 0 fully saturated rings. The number of amides is 1. The van der Waals surface area contributed by atoms with Crippen LogP contribution in [0.5, 0.6) is 34.5 Å². The quantitative estimate of drug-likeness (QED) is 0.00879. The molecule has 0 bridgehead atoms. The van der Waals surface area contributed by atoms with Crippen LogP contribution in [0.15, 0.2) is 211 Å². The average molecular weight is 1980 g/mol. The number of fused-ring (bicyclic) bond motifs is 2. The number of phenolic OH excluding ortho intramolecular Hbond substituents is 1. The smallest absolute Gasteiger partial charge is 0.857 e. The molecule has 0 aliphatic rings. The molecule has 13 aromatic rings. The Bertz CT molecular complexity index is 6430. The number of aliphatic imine (C=N–C) groups is 1. The molecule has 0 unspecified atom stereocenters. The minimum absolute atomic E-state index is 0. The largest absolute Gasteiger partial charge is 1.00 e. The van der Waals surface area contributed by atoms with Crippen LogP contribution in [0.4, 0.5) is 27.9 Å². The average Bonchev–Trinajstić information content (AvgIpc) is 1.56. The molecule has 132 heavy (non-hydrogen) atoms. The van der Waals surface area contributed by atoms with E-state index in [1.54, 1.807) is 110 Å². The first-order valence-corrected chi connectivity index (χ1v) is 43.3. The van der Waals surface area contributed by atoms with E-state index < -0.39 is 26.0 Å². The Morgan fingerprint density at radius 3 is 1.35 bits per heavy atom. The number of carbonyl (C=O) groups excluding carboxylic acids is 3. The third kappa shape index (κ3) is 33.3. The zero-order chi connectivity index (χ0) is 97.8. The van der Waals surface area contributed by atoms with Crippen molar-refractivity contribution in [1.29, 1.82) is 0 Å². The van der Waals surface area contributed by atoms with Gasteiger partial charge in [-0.05, 0) is 199 Å². The molecular weight excluding hydrogens is 1890 g/mol. The van der Waals surface area contributed by atoms with Gasteiger partial charge in [0.1, 0.15) is 22.8 Å². The van der Waals surface area contributed by atoms with Gasteiger partial charge in [0.05, 0.1) is 92.8 Å². The van der Waals surface area contributed by atoms with Gasteiger partial charge in [0.2, 0.25) is 0 Å². The zero-order valence-electron chi connectivity index (χ0n) is 76.0. The van der Waals surface area contributed by atoms with Crippen molar-refractivity contribution in [3.05, 3.63) is 343 Å². The van der Waals surface area contributed by atoms with Gasteiger partial charge in [-0.2, -0.15) is 12.1 Å². The number of anilines is 2. The number of aromatic hydroxyl groups is 1. The first-order valence-electron chi connectivity index (χ1n) is 39.3. The first-order chi connectivity index (χ1) is 62.1. The summed E-state index contributed by atoms with van der Waals surface area (Å²) in [6, 6.07) is 53.8. The Balaban J connectivity index is 0.000000321. The molecule has 1 amide bonds. The van der Waals surface area contributed by atoms with Gasteiger partial charge in [-0.15, -0.1) is 11.3 Å². The molecule has 0 radical (unpaired) electrons. The van der Waals surface area contributed by atoms with Crippen molar-refractivity contribution in [3.63, 3.8) is 0 Å². The number of nitro groups is 3. The fourth-order valence-corrected chi connectivity index (χ4v) is 15.3. The predicted molar refractivity (Wildman–Crippen MR) is 531 cm³/mol. The molecular formula is C97H97BrCl2N7NaO20S4. The second kappa shape index (κ2) is 55.3. The Kier molecular flexibility index (Phi) is 47.0. The molecule has 3 aromatic heterocycles. The number of ketones is 2. The number of nitrogens with one attached hydrogen (secondary N) is 1. The Morgan fingerprint density at radius 2 is 0.917 bits per heavy atom. The number of thiocarbonyl (C=S) groups is 3. The van der Waals surface area contributed by atoms with Crippen LogP contribution in [0.3, 0.4) is 0 Å². The number of ether oxygens (including phenoxy) is 5. The number of phenols is 1. The van der Waals surface area contributed by atoms with Crippen LogP contribution in [-0.2, 0) is 12.8 Å². The maximum atomic E-state index is 12.4. The second-order valence-corrected chi connectivity index (χ2v) is 32.3. The van der Waals surface area contributed by atoms with Crippen molar-refractivity contribution in [3.8, 4) is 45.8 Å². The summed E-state index contributed by atoms with van der Waals surface area (Å²) in [5.41, 5.74) is 21.4. The van der Waals surface area contributed by atoms with Crippen LogP contribution in [0.1, 0.15) is 115 Å². The van der Waals surface area contributed by atoms with Crippen molar-refractivity contribution < 1.29 is 101 Å². The topological polar surface area (TPSA) is 394 Å². The number of alkyl halides is 1. The molecule has 0 saturated carbocycles. The number of carbonyl (C=O) groups is 3. The Labute approximate surface area is 824 Å². The van der Waals surface area contributed by atoms with Crippen molar-refractivity contribution in [2.24, 2.45) is 10.7 Å². The van der Waals surface area contributed by atoms with Gasteiger partial charge in [-0.3, -0.25) is 44.7 Å². The standard InChI is InChI=1S/C21H17ClN2O3S.C19H20O2S.C11H6BrClO3.C11H15NOS.2C9H11NO3.C8H9NO3.C8H5NOS.CH3O.Na/c1-11-7-12(2)18(26-3)16(8-11)23-21-24-17(10-28-21)14-9-13-5-4-6-15(22)19(13)27-20(14)25;1-13-9-14(2)19(21-3)16(10-13)11-17(22)12-18(20)15-7-5-4-6-8-15;12-5-9(14)7-4-6-2-1-3-8(13)10(6)16-11(7)15;1-7-4-8(2)11(13-3)9(5-7)6-10(12)14;2*1-6-4-7(2)9(13-3)8(5-6)10(11)12;1-5-3-6(2)8(10)7(4-5)9(11)12;10-8(9-6-11)7-4-2-1-3-5-7;1-2;/h4-10H,1-3H3,(H,23,24);4-10H,11-12H2,1-3H3;1-4H,5H2;4-5H,6H2,1-3H3,(H2,12,14);2*4-5H,1-3H3;3-4,10H,1-2H3;1-5H;1H3;/q;;;;;;;;-1;+1. The number of hydrogen-bond donors (Lipinski definition) is 3. The molecule has 35 heteroatoms. The number of aryl methyl sites for hydroxylation is 12. The second-order valence-electron chi connectivity index (χ2n) is 28.8. The first kappa shape index (κ1) is 112. The number of halogens is 3. The number of hydrogen-bond acceptors (Lipinski definition) is 26. The summed E-state index contributed by atoms with van der Waals surface area (Å²) < 4.78 is 36.6. The minimum atomic E-state index is -0.662. The third-order valence-electron chi connectivity index (χ3n) is 18.5. The molecule has 10 aromatic carbocycles. The van der Waals surface area contributed by atoms with E-state index in [0.717, 1.165) is 101 Å². The van der Waals surface area contributed by atoms with Gasteiger partial charge in [-0.1, -0.05) is 196 Å². The molecule has 686 valence electrons. The summed E-state index contributed by atoms with van der Waals surface area (Å²) in [4.78, 5) is 97.8. The molecule has 0 aliphatic heterocycles. The molecule has 3 heterocycles. The Hall–Kier alpha value is -12.1. The zero-order valence-corrected chi connectivity index (χ0v) is 84.4. The molecule has 0 saturated heterocycles. The number of nitro benzene ring substituents is 3. The Morgan fingerprint density at radius 1 is 0.523 bits per heavy atom. The number of rotatable bonds is 21. The predicted octanol–water partition coefficient (Wildman–Crippen LogP) is 19.9. The van der Waals surface area contributed by atoms with E-state index in [-0.39, 0.29) is 87.2 Å². The summed E-state index contributed by atoms with van der Waals surface area (Å²) in [5, 5.41) is 59.1. The van der Waals surface area contributed by atoms with Crippen LogP contribution in [-0.4, -0.2) is 105 Å². The number of para-hydroxylation sites is 2.